The Morgan fingerprint density at radius 1 is 1.25 bits per heavy atom. The van der Waals surface area contributed by atoms with E-state index in [4.69, 9.17) is 0 Å². The van der Waals surface area contributed by atoms with Gasteiger partial charge < -0.3 is 15.2 Å². The number of aryl methyl sites for hydroxylation is 2. The minimum atomic E-state index is -3.26. The van der Waals surface area contributed by atoms with E-state index in [1.165, 1.54) is 0 Å². The number of aliphatic imine (C=N–C) groups is 1. The lowest BCUT2D eigenvalue weighted by Crippen LogP contribution is -2.53. The van der Waals surface area contributed by atoms with Crippen LogP contribution < -0.4 is 15.4 Å². The van der Waals surface area contributed by atoms with Gasteiger partial charge in [-0.05, 0) is 39.3 Å². The second-order valence-electron chi connectivity index (χ2n) is 7.26. The summed E-state index contributed by atoms with van der Waals surface area (Å²) in [4.78, 5) is 8.77. The third-order valence-electron chi connectivity index (χ3n) is 4.08. The van der Waals surface area contributed by atoms with Gasteiger partial charge in [-0.15, -0.1) is 24.0 Å². The van der Waals surface area contributed by atoms with Gasteiger partial charge in [0.2, 0.25) is 10.0 Å². The Morgan fingerprint density at radius 3 is 2.57 bits per heavy atom. The number of rotatable bonds is 8. The first-order valence-corrected chi connectivity index (χ1v) is 10.9. The first kappa shape index (κ1) is 24.6. The van der Waals surface area contributed by atoms with Crippen molar-refractivity contribution in [3.8, 4) is 0 Å². The van der Waals surface area contributed by atoms with Crippen molar-refractivity contribution < 1.29 is 8.42 Å². The maximum atomic E-state index is 11.4. The molecule has 158 valence electrons. The molecule has 0 saturated heterocycles. The minimum Gasteiger partial charge on any atom is -0.356 e. The van der Waals surface area contributed by atoms with Crippen molar-refractivity contribution in [1.82, 2.24) is 24.9 Å². The molecule has 0 unspecified atom stereocenters. The monoisotopic (exact) mass is 522 g/mol. The number of halogens is 1. The molecular weight excluding hydrogens is 491 g/mol. The molecule has 10 heteroatoms. The second-order valence-corrected chi connectivity index (χ2v) is 9.01. The summed E-state index contributed by atoms with van der Waals surface area (Å²) in [5.74, 6) is 1.65. The van der Waals surface area contributed by atoms with Crippen LogP contribution in [0.5, 0.6) is 0 Å². The van der Waals surface area contributed by atoms with E-state index >= 15 is 0 Å². The summed E-state index contributed by atoms with van der Waals surface area (Å²) in [5, 5.41) is 6.42. The van der Waals surface area contributed by atoms with Crippen LogP contribution in [0.4, 0.5) is 0 Å². The van der Waals surface area contributed by atoms with Crippen molar-refractivity contribution in [1.29, 1.82) is 0 Å². The molecule has 0 atom stereocenters. The Kier molecular flexibility index (Phi) is 9.15. The molecule has 3 N–H and O–H groups in total. The zero-order valence-corrected chi connectivity index (χ0v) is 20.3. The molecular formula is C18H31IN6O2S. The van der Waals surface area contributed by atoms with E-state index in [0.717, 1.165) is 42.6 Å². The second kappa shape index (κ2) is 10.4. The van der Waals surface area contributed by atoms with Crippen molar-refractivity contribution in [3.63, 3.8) is 0 Å². The Labute approximate surface area is 184 Å². The third-order valence-corrected chi connectivity index (χ3v) is 5.00. The van der Waals surface area contributed by atoms with E-state index in [1.807, 2.05) is 39.0 Å². The van der Waals surface area contributed by atoms with Crippen molar-refractivity contribution in [2.45, 2.75) is 39.3 Å². The van der Waals surface area contributed by atoms with Crippen LogP contribution in [0.15, 0.2) is 29.3 Å². The fraction of sp³-hybridized carbons (Fsp3) is 0.556. The first-order chi connectivity index (χ1) is 12.6. The standard InChI is InChI=1S/C18H30N6O2S.HI/c1-14-22-15-9-6-7-10-16(15)24(14)12-8-11-20-17(19-4)21-13-18(2,3)23-27(5,25)26;/h6-7,9-10,23H,8,11-13H2,1-5H3,(H2,19,20,21);1H. The number of imidazole rings is 1. The van der Waals surface area contributed by atoms with Crippen molar-refractivity contribution in [2.24, 2.45) is 4.99 Å². The lowest BCUT2D eigenvalue weighted by atomic mass is 10.1. The highest BCUT2D eigenvalue weighted by molar-refractivity contribution is 14.0. The van der Waals surface area contributed by atoms with E-state index in [9.17, 15) is 8.42 Å². The molecule has 0 aliphatic heterocycles. The van der Waals surface area contributed by atoms with Gasteiger partial charge in [0, 0.05) is 32.2 Å². The maximum absolute atomic E-state index is 11.4. The van der Waals surface area contributed by atoms with E-state index in [2.05, 4.69) is 36.0 Å². The summed E-state index contributed by atoms with van der Waals surface area (Å²) in [7, 11) is -1.57. The number of guanidine groups is 1. The zero-order valence-electron chi connectivity index (χ0n) is 17.1. The lowest BCUT2D eigenvalue weighted by Gasteiger charge is -2.26. The van der Waals surface area contributed by atoms with Crippen LogP contribution in [0.25, 0.3) is 11.0 Å². The average Bonchev–Trinajstić information content (AvgIpc) is 2.87. The smallest absolute Gasteiger partial charge is 0.209 e. The molecule has 2 rings (SSSR count). The van der Waals surface area contributed by atoms with E-state index < -0.39 is 15.6 Å². The number of aromatic nitrogens is 2. The molecule has 1 aromatic carbocycles. The molecule has 2 aromatic rings. The summed E-state index contributed by atoms with van der Waals surface area (Å²) in [6.07, 6.45) is 2.07. The molecule has 0 aliphatic rings. The number of nitrogens with zero attached hydrogens (tertiary/aromatic N) is 3. The van der Waals surface area contributed by atoms with Gasteiger partial charge in [-0.3, -0.25) is 4.99 Å². The van der Waals surface area contributed by atoms with Crippen LogP contribution >= 0.6 is 24.0 Å². The molecule has 0 spiro atoms. The first-order valence-electron chi connectivity index (χ1n) is 8.97. The predicted molar refractivity (Wildman–Crippen MR) is 126 cm³/mol. The van der Waals surface area contributed by atoms with Crippen LogP contribution in [-0.2, 0) is 16.6 Å². The summed E-state index contributed by atoms with van der Waals surface area (Å²) >= 11 is 0. The van der Waals surface area contributed by atoms with Gasteiger partial charge in [0.05, 0.1) is 17.3 Å². The van der Waals surface area contributed by atoms with Crippen LogP contribution in [0, 0.1) is 6.92 Å². The van der Waals surface area contributed by atoms with Crippen molar-refractivity contribution in [2.75, 3.05) is 26.4 Å². The molecule has 28 heavy (non-hydrogen) atoms. The van der Waals surface area contributed by atoms with Gasteiger partial charge >= 0.3 is 0 Å². The quantitative estimate of drug-likeness (QED) is 0.213. The molecule has 0 fully saturated rings. The predicted octanol–water partition coefficient (Wildman–Crippen LogP) is 1.85. The number of fused-ring (bicyclic) bond motifs is 1. The molecule has 1 heterocycles. The highest BCUT2D eigenvalue weighted by atomic mass is 127. The Bertz CT molecular complexity index is 908. The number of nitrogens with one attached hydrogen (secondary N) is 3. The lowest BCUT2D eigenvalue weighted by molar-refractivity contribution is 0.446. The number of benzene rings is 1. The highest BCUT2D eigenvalue weighted by Gasteiger charge is 2.22. The SMILES string of the molecule is CN=C(NCCCn1c(C)nc2ccccc21)NCC(C)(C)NS(C)(=O)=O.I. The average molecular weight is 522 g/mol. The molecule has 0 saturated carbocycles. The van der Waals surface area contributed by atoms with E-state index in [0.29, 0.717) is 12.5 Å². The van der Waals surface area contributed by atoms with Crippen LogP contribution in [0.2, 0.25) is 0 Å². The normalized spacial score (nSPS) is 12.7. The molecule has 8 nitrogen and oxygen atoms in total. The van der Waals surface area contributed by atoms with Gasteiger partial charge in [0.25, 0.3) is 0 Å². The van der Waals surface area contributed by atoms with Gasteiger partial charge in [-0.1, -0.05) is 12.1 Å². The fourth-order valence-corrected chi connectivity index (χ4v) is 4.06. The van der Waals surface area contributed by atoms with Crippen LogP contribution in [0.3, 0.4) is 0 Å². The van der Waals surface area contributed by atoms with Crippen molar-refractivity contribution >= 4 is 51.0 Å². The number of sulfonamides is 1. The van der Waals surface area contributed by atoms with Crippen LogP contribution in [0.1, 0.15) is 26.1 Å². The summed E-state index contributed by atoms with van der Waals surface area (Å²) in [6, 6.07) is 8.13. The van der Waals surface area contributed by atoms with Gasteiger partial charge in [-0.25, -0.2) is 18.1 Å². The topological polar surface area (TPSA) is 100 Å². The van der Waals surface area contributed by atoms with E-state index in [1.54, 1.807) is 7.05 Å². The minimum absolute atomic E-state index is 0. The third kappa shape index (κ3) is 7.55. The number of hydrogen-bond acceptors (Lipinski definition) is 4. The van der Waals surface area contributed by atoms with Gasteiger partial charge in [0.1, 0.15) is 5.82 Å². The van der Waals surface area contributed by atoms with Gasteiger partial charge in [-0.2, -0.15) is 0 Å². The largest absolute Gasteiger partial charge is 0.356 e. The number of para-hydroxylation sites is 2. The molecule has 0 aliphatic carbocycles. The van der Waals surface area contributed by atoms with Gasteiger partial charge in [0.15, 0.2) is 5.96 Å². The zero-order chi connectivity index (χ0) is 20.1. The molecule has 1 aromatic heterocycles. The molecule has 0 bridgehead atoms. The summed E-state index contributed by atoms with van der Waals surface area (Å²) in [5.41, 5.74) is 1.55. The maximum Gasteiger partial charge on any atom is 0.209 e. The Hall–Kier alpha value is -1.40. The molecule has 0 amide bonds. The van der Waals surface area contributed by atoms with Crippen molar-refractivity contribution in [3.05, 3.63) is 30.1 Å². The Morgan fingerprint density at radius 2 is 1.93 bits per heavy atom. The number of hydrogen-bond donors (Lipinski definition) is 3. The fourth-order valence-electron chi connectivity index (χ4n) is 2.99. The summed E-state index contributed by atoms with van der Waals surface area (Å²) in [6.45, 7) is 7.68. The summed E-state index contributed by atoms with van der Waals surface area (Å²) < 4.78 is 27.6. The molecule has 0 radical (unpaired) electrons. The Balaban J connectivity index is 0.00000392. The van der Waals surface area contributed by atoms with E-state index in [-0.39, 0.29) is 24.0 Å². The highest BCUT2D eigenvalue weighted by Crippen LogP contribution is 2.15. The van der Waals surface area contributed by atoms with Crippen LogP contribution in [-0.4, -0.2) is 55.9 Å².